The van der Waals surface area contributed by atoms with Crippen molar-refractivity contribution in [2.75, 3.05) is 13.1 Å². The Balaban J connectivity index is 1.90. The monoisotopic (exact) mass is 277 g/mol. The maximum atomic E-state index is 12.1. The third-order valence-corrected chi connectivity index (χ3v) is 3.46. The van der Waals surface area contributed by atoms with Crippen molar-refractivity contribution in [1.82, 2.24) is 15.2 Å². The molecule has 2 N–H and O–H groups in total. The molecular weight excluding hydrogens is 258 g/mol. The van der Waals surface area contributed by atoms with Crippen molar-refractivity contribution < 1.29 is 14.7 Å². The Morgan fingerprint density at radius 2 is 2.30 bits per heavy atom. The number of likely N-dealkylation sites (tertiary alicyclic amines) is 1. The summed E-state index contributed by atoms with van der Waals surface area (Å²) < 4.78 is 0. The Morgan fingerprint density at radius 1 is 1.50 bits per heavy atom. The van der Waals surface area contributed by atoms with E-state index in [4.69, 9.17) is 5.11 Å². The minimum absolute atomic E-state index is 0.203. The number of carboxylic acids is 1. The second-order valence-corrected chi connectivity index (χ2v) is 5.30. The maximum Gasteiger partial charge on any atom is 0.317 e. The van der Waals surface area contributed by atoms with Gasteiger partial charge in [0.2, 0.25) is 0 Å². The molecule has 1 saturated heterocycles. The number of aromatic nitrogens is 1. The molecule has 1 aromatic rings. The van der Waals surface area contributed by atoms with Crippen LogP contribution in [0.1, 0.15) is 18.9 Å². The molecule has 20 heavy (non-hydrogen) atoms. The van der Waals surface area contributed by atoms with Crippen molar-refractivity contribution >= 4 is 12.0 Å². The normalized spacial score (nSPS) is 22.4. The van der Waals surface area contributed by atoms with E-state index in [9.17, 15) is 9.59 Å². The first-order chi connectivity index (χ1) is 9.56. The van der Waals surface area contributed by atoms with Crippen LogP contribution in [-0.4, -0.2) is 40.1 Å². The van der Waals surface area contributed by atoms with Crippen LogP contribution in [0, 0.1) is 11.8 Å². The molecule has 2 unspecified atom stereocenters. The van der Waals surface area contributed by atoms with E-state index in [1.54, 1.807) is 17.3 Å². The van der Waals surface area contributed by atoms with E-state index >= 15 is 0 Å². The molecule has 1 aliphatic heterocycles. The van der Waals surface area contributed by atoms with Crippen LogP contribution in [0.25, 0.3) is 0 Å². The van der Waals surface area contributed by atoms with Crippen molar-refractivity contribution in [1.29, 1.82) is 0 Å². The predicted molar refractivity (Wildman–Crippen MR) is 73.0 cm³/mol. The highest BCUT2D eigenvalue weighted by atomic mass is 16.4. The molecule has 0 aliphatic carbocycles. The first-order valence-corrected chi connectivity index (χ1v) is 6.70. The van der Waals surface area contributed by atoms with Crippen molar-refractivity contribution in [2.24, 2.45) is 11.8 Å². The fraction of sp³-hybridized carbons (Fsp3) is 0.500. The lowest BCUT2D eigenvalue weighted by Crippen LogP contribution is -2.49. The summed E-state index contributed by atoms with van der Waals surface area (Å²) in [5.41, 5.74) is 0.917. The first kappa shape index (κ1) is 14.3. The second-order valence-electron chi connectivity index (χ2n) is 5.30. The van der Waals surface area contributed by atoms with Gasteiger partial charge in [0.05, 0.1) is 5.92 Å². The summed E-state index contributed by atoms with van der Waals surface area (Å²) in [6, 6.07) is 3.48. The molecule has 0 bridgehead atoms. The van der Waals surface area contributed by atoms with Crippen molar-refractivity contribution in [3.63, 3.8) is 0 Å². The molecule has 1 aliphatic rings. The van der Waals surface area contributed by atoms with E-state index in [-0.39, 0.29) is 18.5 Å². The SMILES string of the molecule is CC1CC(C(=O)O)CN(C(=O)NCc2cccnc2)C1. The fourth-order valence-corrected chi connectivity index (χ4v) is 2.49. The van der Waals surface area contributed by atoms with Gasteiger partial charge in [-0.3, -0.25) is 9.78 Å². The van der Waals surface area contributed by atoms with Crippen molar-refractivity contribution in [3.05, 3.63) is 30.1 Å². The number of hydrogen-bond donors (Lipinski definition) is 2. The number of amides is 2. The number of hydrogen-bond acceptors (Lipinski definition) is 3. The zero-order chi connectivity index (χ0) is 14.5. The molecule has 0 saturated carbocycles. The molecule has 2 heterocycles. The van der Waals surface area contributed by atoms with E-state index in [1.807, 2.05) is 19.1 Å². The summed E-state index contributed by atoms with van der Waals surface area (Å²) in [6.07, 6.45) is 4.00. The zero-order valence-electron chi connectivity index (χ0n) is 11.5. The summed E-state index contributed by atoms with van der Waals surface area (Å²) in [5, 5.41) is 11.9. The van der Waals surface area contributed by atoms with Gasteiger partial charge in [0.1, 0.15) is 0 Å². The number of piperidine rings is 1. The van der Waals surface area contributed by atoms with Crippen molar-refractivity contribution in [2.45, 2.75) is 19.9 Å². The number of pyridine rings is 1. The van der Waals surface area contributed by atoms with Crippen LogP contribution in [0.4, 0.5) is 4.79 Å². The molecule has 6 nitrogen and oxygen atoms in total. The van der Waals surface area contributed by atoms with Gasteiger partial charge in [-0.1, -0.05) is 13.0 Å². The van der Waals surface area contributed by atoms with Crippen LogP contribution >= 0.6 is 0 Å². The molecule has 2 amide bonds. The molecule has 108 valence electrons. The number of nitrogens with zero attached hydrogens (tertiary/aromatic N) is 2. The molecule has 2 rings (SSSR count). The number of carbonyl (C=O) groups is 2. The third kappa shape index (κ3) is 3.69. The van der Waals surface area contributed by atoms with E-state index in [0.29, 0.717) is 19.5 Å². The number of aliphatic carboxylic acids is 1. The standard InChI is InChI=1S/C14H19N3O3/c1-10-5-12(13(18)19)9-17(8-10)14(20)16-7-11-3-2-4-15-6-11/h2-4,6,10,12H,5,7-9H2,1H3,(H,16,20)(H,18,19). The van der Waals surface area contributed by atoms with Crippen LogP contribution in [0.3, 0.4) is 0 Å². The average Bonchev–Trinajstić information content (AvgIpc) is 2.45. The lowest BCUT2D eigenvalue weighted by atomic mass is 9.91. The van der Waals surface area contributed by atoms with Gasteiger partial charge >= 0.3 is 12.0 Å². The van der Waals surface area contributed by atoms with Crippen LogP contribution in [0.2, 0.25) is 0 Å². The number of rotatable bonds is 3. The summed E-state index contributed by atoms with van der Waals surface area (Å²) in [4.78, 5) is 28.7. The Hall–Kier alpha value is -2.11. The smallest absolute Gasteiger partial charge is 0.317 e. The van der Waals surface area contributed by atoms with E-state index in [0.717, 1.165) is 5.56 Å². The molecule has 1 fully saturated rings. The van der Waals surface area contributed by atoms with Gasteiger partial charge in [-0.15, -0.1) is 0 Å². The van der Waals surface area contributed by atoms with Crippen LogP contribution in [-0.2, 0) is 11.3 Å². The molecule has 2 atom stereocenters. The van der Waals surface area contributed by atoms with Crippen LogP contribution < -0.4 is 5.32 Å². The van der Waals surface area contributed by atoms with Gasteiger partial charge in [0.25, 0.3) is 0 Å². The Morgan fingerprint density at radius 3 is 2.95 bits per heavy atom. The van der Waals surface area contributed by atoms with Crippen LogP contribution in [0.5, 0.6) is 0 Å². The Labute approximate surface area is 117 Å². The zero-order valence-corrected chi connectivity index (χ0v) is 11.5. The first-order valence-electron chi connectivity index (χ1n) is 6.70. The summed E-state index contributed by atoms with van der Waals surface area (Å²) in [7, 11) is 0. The number of urea groups is 1. The summed E-state index contributed by atoms with van der Waals surface area (Å²) >= 11 is 0. The molecule has 0 radical (unpaired) electrons. The van der Waals surface area contributed by atoms with E-state index in [1.165, 1.54) is 0 Å². The van der Waals surface area contributed by atoms with Gasteiger partial charge in [-0.25, -0.2) is 4.79 Å². The molecule has 0 spiro atoms. The maximum absolute atomic E-state index is 12.1. The van der Waals surface area contributed by atoms with Gasteiger partial charge in [0, 0.05) is 32.0 Å². The summed E-state index contributed by atoms with van der Waals surface area (Å²) in [5.74, 6) is -1.10. The second kappa shape index (κ2) is 6.36. The predicted octanol–water partition coefficient (Wildman–Crippen LogP) is 1.33. The lowest BCUT2D eigenvalue weighted by Gasteiger charge is -2.34. The molecule has 6 heteroatoms. The number of carbonyl (C=O) groups excluding carboxylic acids is 1. The highest BCUT2D eigenvalue weighted by molar-refractivity contribution is 5.76. The third-order valence-electron chi connectivity index (χ3n) is 3.46. The fourth-order valence-electron chi connectivity index (χ4n) is 2.49. The molecular formula is C14H19N3O3. The van der Waals surface area contributed by atoms with Gasteiger partial charge in [-0.2, -0.15) is 0 Å². The van der Waals surface area contributed by atoms with Crippen molar-refractivity contribution in [3.8, 4) is 0 Å². The lowest BCUT2D eigenvalue weighted by molar-refractivity contribution is -0.143. The number of nitrogens with one attached hydrogen (secondary N) is 1. The summed E-state index contributed by atoms with van der Waals surface area (Å²) in [6.45, 7) is 3.24. The molecule has 0 aromatic carbocycles. The van der Waals surface area contributed by atoms with Crippen LogP contribution in [0.15, 0.2) is 24.5 Å². The minimum Gasteiger partial charge on any atom is -0.481 e. The van der Waals surface area contributed by atoms with E-state index in [2.05, 4.69) is 10.3 Å². The Kier molecular flexibility index (Phi) is 4.55. The minimum atomic E-state index is -0.832. The quantitative estimate of drug-likeness (QED) is 0.873. The highest BCUT2D eigenvalue weighted by Crippen LogP contribution is 2.21. The van der Waals surface area contributed by atoms with Gasteiger partial charge in [-0.05, 0) is 24.0 Å². The van der Waals surface area contributed by atoms with Gasteiger partial charge < -0.3 is 15.3 Å². The number of carboxylic acid groups (broad SMARTS) is 1. The highest BCUT2D eigenvalue weighted by Gasteiger charge is 2.31. The molecule has 1 aromatic heterocycles. The topological polar surface area (TPSA) is 82.5 Å². The van der Waals surface area contributed by atoms with Gasteiger partial charge in [0.15, 0.2) is 0 Å². The average molecular weight is 277 g/mol. The Bertz CT molecular complexity index is 478. The van der Waals surface area contributed by atoms with E-state index < -0.39 is 11.9 Å². The largest absolute Gasteiger partial charge is 0.481 e.